The standard InChI is InChI=1S/C27H34N4O4/c1-6-12-31-24-22(25(32)29-27(31)34)20(15-21(28-24)16(2)3)26(33)30-13-10-19(11-14-30)35-23-17(4)8-7-9-18(23)5/h7-9,15-16,19H,6,10-14H2,1-5H3,(H,29,32,34). The lowest BCUT2D eigenvalue weighted by Gasteiger charge is -2.33. The van der Waals surface area contributed by atoms with Gasteiger partial charge in [-0.3, -0.25) is 19.1 Å². The fourth-order valence-corrected chi connectivity index (χ4v) is 4.69. The van der Waals surface area contributed by atoms with Crippen molar-refractivity contribution in [1.82, 2.24) is 19.4 Å². The van der Waals surface area contributed by atoms with Crippen molar-refractivity contribution in [2.24, 2.45) is 0 Å². The Kier molecular flexibility index (Phi) is 7.10. The average molecular weight is 479 g/mol. The van der Waals surface area contributed by atoms with Crippen molar-refractivity contribution in [1.29, 1.82) is 0 Å². The van der Waals surface area contributed by atoms with Crippen LogP contribution in [-0.4, -0.2) is 44.5 Å². The summed E-state index contributed by atoms with van der Waals surface area (Å²) in [5.74, 6) is 0.739. The van der Waals surface area contributed by atoms with E-state index in [1.807, 2.05) is 52.8 Å². The van der Waals surface area contributed by atoms with E-state index in [0.29, 0.717) is 50.2 Å². The molecule has 0 saturated carbocycles. The van der Waals surface area contributed by atoms with Crippen molar-refractivity contribution in [3.05, 3.63) is 67.5 Å². The van der Waals surface area contributed by atoms with E-state index in [4.69, 9.17) is 4.74 Å². The summed E-state index contributed by atoms with van der Waals surface area (Å²) in [5.41, 5.74) is 2.40. The largest absolute Gasteiger partial charge is 0.490 e. The van der Waals surface area contributed by atoms with Gasteiger partial charge in [-0.25, -0.2) is 9.78 Å². The second kappa shape index (κ2) is 10.1. The molecule has 186 valence electrons. The van der Waals surface area contributed by atoms with Crippen molar-refractivity contribution < 1.29 is 9.53 Å². The molecule has 1 saturated heterocycles. The molecule has 1 amide bonds. The summed E-state index contributed by atoms with van der Waals surface area (Å²) in [4.78, 5) is 47.8. The number of hydrogen-bond acceptors (Lipinski definition) is 5. The summed E-state index contributed by atoms with van der Waals surface area (Å²) in [6.45, 7) is 11.5. The second-order valence-corrected chi connectivity index (χ2v) is 9.69. The number of hydrogen-bond donors (Lipinski definition) is 1. The van der Waals surface area contributed by atoms with Crippen LogP contribution < -0.4 is 16.0 Å². The Bertz CT molecular complexity index is 1340. The number of rotatable bonds is 6. The highest BCUT2D eigenvalue weighted by Gasteiger charge is 2.28. The fourth-order valence-electron chi connectivity index (χ4n) is 4.69. The molecular weight excluding hydrogens is 444 g/mol. The molecule has 0 unspecified atom stereocenters. The number of amides is 1. The Balaban J connectivity index is 1.64. The van der Waals surface area contributed by atoms with Crippen LogP contribution in [0.2, 0.25) is 0 Å². The number of aryl methyl sites for hydroxylation is 3. The SMILES string of the molecule is CCCn1c(=O)[nH]c(=O)c2c(C(=O)N3CCC(Oc4c(C)cccc4C)CC3)cc(C(C)C)nc21. The van der Waals surface area contributed by atoms with Gasteiger partial charge < -0.3 is 9.64 Å². The minimum Gasteiger partial charge on any atom is -0.490 e. The number of carbonyl (C=O) groups excluding carboxylic acids is 1. The number of carbonyl (C=O) groups is 1. The first-order valence-electron chi connectivity index (χ1n) is 12.4. The number of aromatic nitrogens is 3. The zero-order valence-corrected chi connectivity index (χ0v) is 21.2. The van der Waals surface area contributed by atoms with E-state index in [-0.39, 0.29) is 29.0 Å². The van der Waals surface area contributed by atoms with Crippen LogP contribution in [0.1, 0.15) is 73.1 Å². The van der Waals surface area contributed by atoms with Crippen molar-refractivity contribution in [2.45, 2.75) is 72.4 Å². The maximum Gasteiger partial charge on any atom is 0.329 e. The maximum atomic E-state index is 13.7. The fraction of sp³-hybridized carbons (Fsp3) is 0.481. The second-order valence-electron chi connectivity index (χ2n) is 9.69. The van der Waals surface area contributed by atoms with Gasteiger partial charge in [0.1, 0.15) is 11.9 Å². The van der Waals surface area contributed by atoms with Crippen LogP contribution in [0.3, 0.4) is 0 Å². The quantitative estimate of drug-likeness (QED) is 0.579. The first-order valence-corrected chi connectivity index (χ1v) is 12.4. The molecule has 1 aliphatic rings. The Morgan fingerprint density at radius 2 is 1.83 bits per heavy atom. The minimum absolute atomic E-state index is 0.0254. The molecule has 0 bridgehead atoms. The highest BCUT2D eigenvalue weighted by atomic mass is 16.5. The summed E-state index contributed by atoms with van der Waals surface area (Å²) < 4.78 is 7.77. The molecule has 0 radical (unpaired) electrons. The zero-order valence-electron chi connectivity index (χ0n) is 21.2. The summed E-state index contributed by atoms with van der Waals surface area (Å²) in [6.07, 6.45) is 2.14. The van der Waals surface area contributed by atoms with E-state index in [0.717, 1.165) is 16.9 Å². The minimum atomic E-state index is -0.572. The van der Waals surface area contributed by atoms with E-state index in [1.165, 1.54) is 4.57 Å². The summed E-state index contributed by atoms with van der Waals surface area (Å²) >= 11 is 0. The predicted molar refractivity (Wildman–Crippen MR) is 136 cm³/mol. The number of H-pyrrole nitrogens is 1. The zero-order chi connectivity index (χ0) is 25.3. The first-order chi connectivity index (χ1) is 16.7. The Hall–Kier alpha value is -3.42. The summed E-state index contributed by atoms with van der Waals surface area (Å²) in [5, 5.41) is 0.182. The van der Waals surface area contributed by atoms with Gasteiger partial charge in [0.25, 0.3) is 11.5 Å². The van der Waals surface area contributed by atoms with Crippen molar-refractivity contribution in [2.75, 3.05) is 13.1 Å². The summed E-state index contributed by atoms with van der Waals surface area (Å²) in [7, 11) is 0. The number of nitrogens with one attached hydrogen (secondary N) is 1. The van der Waals surface area contributed by atoms with E-state index >= 15 is 0 Å². The van der Waals surface area contributed by atoms with Gasteiger partial charge in [-0.2, -0.15) is 0 Å². The van der Waals surface area contributed by atoms with Gasteiger partial charge in [0.2, 0.25) is 0 Å². The number of nitrogens with zero attached hydrogens (tertiary/aromatic N) is 3. The molecular formula is C27H34N4O4. The molecule has 0 aliphatic carbocycles. The third-order valence-corrected chi connectivity index (χ3v) is 6.66. The molecule has 1 aromatic carbocycles. The smallest absolute Gasteiger partial charge is 0.329 e. The van der Waals surface area contributed by atoms with Crippen LogP contribution in [0.4, 0.5) is 0 Å². The van der Waals surface area contributed by atoms with Crippen molar-refractivity contribution in [3.63, 3.8) is 0 Å². The molecule has 4 rings (SSSR count). The van der Waals surface area contributed by atoms with Gasteiger partial charge in [-0.15, -0.1) is 0 Å². The third kappa shape index (κ3) is 4.88. The van der Waals surface area contributed by atoms with Crippen LogP contribution in [0, 0.1) is 13.8 Å². The van der Waals surface area contributed by atoms with Gasteiger partial charge in [-0.05, 0) is 43.4 Å². The number of benzene rings is 1. The van der Waals surface area contributed by atoms with Gasteiger partial charge in [0, 0.05) is 38.2 Å². The van der Waals surface area contributed by atoms with Crippen molar-refractivity contribution >= 4 is 16.9 Å². The topological polar surface area (TPSA) is 97.3 Å². The number of likely N-dealkylation sites (tertiary alicyclic amines) is 1. The molecule has 0 spiro atoms. The normalized spacial score (nSPS) is 14.6. The molecule has 8 heteroatoms. The van der Waals surface area contributed by atoms with Gasteiger partial charge in [-0.1, -0.05) is 39.0 Å². The van der Waals surface area contributed by atoms with Crippen LogP contribution in [0.5, 0.6) is 5.75 Å². The first kappa shape index (κ1) is 24.7. The Morgan fingerprint density at radius 1 is 1.17 bits per heavy atom. The van der Waals surface area contributed by atoms with Crippen molar-refractivity contribution in [3.8, 4) is 5.75 Å². The number of pyridine rings is 1. The molecule has 2 aromatic heterocycles. The lowest BCUT2D eigenvalue weighted by Crippen LogP contribution is -2.42. The molecule has 35 heavy (non-hydrogen) atoms. The van der Waals surface area contributed by atoms with Gasteiger partial charge in [0.05, 0.1) is 10.9 Å². The maximum absolute atomic E-state index is 13.7. The van der Waals surface area contributed by atoms with Gasteiger partial charge >= 0.3 is 5.69 Å². The van der Waals surface area contributed by atoms with E-state index < -0.39 is 11.2 Å². The van der Waals surface area contributed by atoms with E-state index in [1.54, 1.807) is 11.0 Å². The van der Waals surface area contributed by atoms with Crippen LogP contribution in [0.15, 0.2) is 33.9 Å². The molecule has 1 fully saturated rings. The van der Waals surface area contributed by atoms with Gasteiger partial charge in [0.15, 0.2) is 5.65 Å². The number of para-hydroxylation sites is 1. The Labute approximate surface area is 205 Å². The van der Waals surface area contributed by atoms with Crippen LogP contribution >= 0.6 is 0 Å². The molecule has 0 atom stereocenters. The number of piperidine rings is 1. The van der Waals surface area contributed by atoms with E-state index in [2.05, 4.69) is 9.97 Å². The van der Waals surface area contributed by atoms with Crippen LogP contribution in [0.25, 0.3) is 11.0 Å². The lowest BCUT2D eigenvalue weighted by atomic mass is 10.0. The predicted octanol–water partition coefficient (Wildman–Crippen LogP) is 3.92. The molecule has 3 heterocycles. The summed E-state index contributed by atoms with van der Waals surface area (Å²) in [6, 6.07) is 7.81. The number of ether oxygens (including phenoxy) is 1. The third-order valence-electron chi connectivity index (χ3n) is 6.66. The molecule has 8 nitrogen and oxygen atoms in total. The molecule has 1 aliphatic heterocycles. The van der Waals surface area contributed by atoms with Crippen LogP contribution in [-0.2, 0) is 6.54 Å². The highest BCUT2D eigenvalue weighted by Crippen LogP contribution is 2.27. The van der Waals surface area contributed by atoms with E-state index in [9.17, 15) is 14.4 Å². The highest BCUT2D eigenvalue weighted by molar-refractivity contribution is 6.05. The molecule has 3 aromatic rings. The molecule has 1 N–H and O–H groups in total. The monoisotopic (exact) mass is 478 g/mol. The number of aromatic amines is 1. The number of fused-ring (bicyclic) bond motifs is 1. The Morgan fingerprint density at radius 3 is 2.43 bits per heavy atom. The average Bonchev–Trinajstić information content (AvgIpc) is 2.83. The lowest BCUT2D eigenvalue weighted by molar-refractivity contribution is 0.0594.